The maximum Gasteiger partial charge on any atom is 0.313 e. The zero-order chi connectivity index (χ0) is 13.8. The van der Waals surface area contributed by atoms with Crippen LogP contribution in [-0.4, -0.2) is 26.4 Å². The average Bonchev–Trinajstić information content (AvgIpc) is 2.67. The molecule has 0 bridgehead atoms. The Labute approximate surface area is 116 Å². The Morgan fingerprint density at radius 1 is 1.42 bits per heavy atom. The molecule has 0 saturated heterocycles. The largest absolute Gasteiger partial charge is 0.481 e. The van der Waals surface area contributed by atoms with E-state index in [1.54, 1.807) is 0 Å². The summed E-state index contributed by atoms with van der Waals surface area (Å²) in [4.78, 5) is 15.0. The third kappa shape index (κ3) is 3.86. The van der Waals surface area contributed by atoms with Gasteiger partial charge in [-0.05, 0) is 19.4 Å². The number of carboxylic acids is 1. The van der Waals surface area contributed by atoms with Gasteiger partial charge in [-0.25, -0.2) is 4.98 Å². The second-order valence-corrected chi connectivity index (χ2v) is 5.41. The summed E-state index contributed by atoms with van der Waals surface area (Å²) in [6.07, 6.45) is 1.95. The van der Waals surface area contributed by atoms with Crippen LogP contribution in [0.15, 0.2) is 35.6 Å². The molecule has 100 valence electrons. The van der Waals surface area contributed by atoms with Crippen LogP contribution in [0, 0.1) is 13.8 Å². The van der Waals surface area contributed by atoms with Gasteiger partial charge in [0.05, 0.1) is 11.4 Å². The predicted octanol–water partition coefficient (Wildman–Crippen LogP) is 2.72. The van der Waals surface area contributed by atoms with E-state index in [2.05, 4.69) is 30.1 Å². The number of carboxylic acid groups (broad SMARTS) is 1. The fourth-order valence-electron chi connectivity index (χ4n) is 1.89. The molecule has 2 rings (SSSR count). The molecule has 2 aromatic rings. The Morgan fingerprint density at radius 3 is 2.89 bits per heavy atom. The fourth-order valence-corrected chi connectivity index (χ4v) is 2.63. The lowest BCUT2D eigenvalue weighted by Crippen LogP contribution is -2.03. The number of hydrogen-bond acceptors (Lipinski definition) is 3. The third-order valence-electron chi connectivity index (χ3n) is 2.62. The van der Waals surface area contributed by atoms with Crippen LogP contribution in [0.1, 0.15) is 16.8 Å². The molecule has 5 heteroatoms. The van der Waals surface area contributed by atoms with Gasteiger partial charge in [-0.1, -0.05) is 41.6 Å². The van der Waals surface area contributed by atoms with Crippen LogP contribution in [0.5, 0.6) is 0 Å². The summed E-state index contributed by atoms with van der Waals surface area (Å²) >= 11 is 1.25. The van der Waals surface area contributed by atoms with Crippen LogP contribution in [-0.2, 0) is 11.3 Å². The zero-order valence-corrected chi connectivity index (χ0v) is 11.8. The molecule has 0 atom stereocenters. The second kappa shape index (κ2) is 5.93. The number of imidazole rings is 1. The number of aliphatic carboxylic acids is 1. The quantitative estimate of drug-likeness (QED) is 0.853. The number of thioether (sulfide) groups is 1. The monoisotopic (exact) mass is 276 g/mol. The Kier molecular flexibility index (Phi) is 4.27. The number of aromatic nitrogens is 2. The summed E-state index contributed by atoms with van der Waals surface area (Å²) in [6.45, 7) is 4.69. The number of aryl methyl sites for hydroxylation is 2. The minimum Gasteiger partial charge on any atom is -0.481 e. The first kappa shape index (κ1) is 13.7. The van der Waals surface area contributed by atoms with Gasteiger partial charge in [0.2, 0.25) is 0 Å². The summed E-state index contributed by atoms with van der Waals surface area (Å²) in [5.74, 6) is -0.794. The van der Waals surface area contributed by atoms with Crippen molar-refractivity contribution in [3.05, 3.63) is 47.3 Å². The molecule has 0 saturated carbocycles. The van der Waals surface area contributed by atoms with Gasteiger partial charge in [0.1, 0.15) is 0 Å². The van der Waals surface area contributed by atoms with E-state index in [1.165, 1.54) is 22.9 Å². The highest BCUT2D eigenvalue weighted by molar-refractivity contribution is 7.99. The Morgan fingerprint density at radius 2 is 2.21 bits per heavy atom. The van der Waals surface area contributed by atoms with E-state index >= 15 is 0 Å². The van der Waals surface area contributed by atoms with E-state index in [0.717, 1.165) is 10.9 Å². The van der Waals surface area contributed by atoms with Gasteiger partial charge in [-0.2, -0.15) is 0 Å². The summed E-state index contributed by atoms with van der Waals surface area (Å²) in [5.41, 5.74) is 3.31. The van der Waals surface area contributed by atoms with E-state index < -0.39 is 5.97 Å². The first-order valence-electron chi connectivity index (χ1n) is 5.98. The summed E-state index contributed by atoms with van der Waals surface area (Å²) in [6, 6.07) is 8.27. The van der Waals surface area contributed by atoms with Crippen LogP contribution in [0.25, 0.3) is 0 Å². The minimum absolute atomic E-state index is 0.0320. The van der Waals surface area contributed by atoms with Crippen molar-refractivity contribution in [1.82, 2.24) is 9.55 Å². The van der Waals surface area contributed by atoms with Crippen molar-refractivity contribution in [1.29, 1.82) is 0 Å². The molecule has 1 aromatic heterocycles. The van der Waals surface area contributed by atoms with Crippen molar-refractivity contribution in [2.45, 2.75) is 25.5 Å². The number of carbonyl (C=O) groups is 1. The number of hydrogen-bond donors (Lipinski definition) is 1. The van der Waals surface area contributed by atoms with Crippen molar-refractivity contribution < 1.29 is 9.90 Å². The number of nitrogens with zero attached hydrogens (tertiary/aromatic N) is 2. The normalized spacial score (nSPS) is 10.6. The highest BCUT2D eigenvalue weighted by Crippen LogP contribution is 2.19. The zero-order valence-electron chi connectivity index (χ0n) is 11.0. The fraction of sp³-hybridized carbons (Fsp3) is 0.286. The van der Waals surface area contributed by atoms with E-state index in [1.807, 2.05) is 23.8 Å². The van der Waals surface area contributed by atoms with Crippen molar-refractivity contribution in [2.75, 3.05) is 5.75 Å². The molecule has 0 aliphatic heterocycles. The molecule has 0 fully saturated rings. The molecule has 0 amide bonds. The topological polar surface area (TPSA) is 55.1 Å². The van der Waals surface area contributed by atoms with Crippen molar-refractivity contribution >= 4 is 17.7 Å². The van der Waals surface area contributed by atoms with Crippen LogP contribution in [0.4, 0.5) is 0 Å². The smallest absolute Gasteiger partial charge is 0.313 e. The molecule has 1 heterocycles. The van der Waals surface area contributed by atoms with E-state index in [4.69, 9.17) is 5.11 Å². The molecule has 1 N–H and O–H groups in total. The lowest BCUT2D eigenvalue weighted by Gasteiger charge is -2.07. The summed E-state index contributed by atoms with van der Waals surface area (Å²) in [5, 5.41) is 9.49. The van der Waals surface area contributed by atoms with Gasteiger partial charge in [-0.15, -0.1) is 0 Å². The lowest BCUT2D eigenvalue weighted by molar-refractivity contribution is -0.133. The molecule has 0 radical (unpaired) electrons. The van der Waals surface area contributed by atoms with Crippen LogP contribution in [0.2, 0.25) is 0 Å². The van der Waals surface area contributed by atoms with E-state index in [0.29, 0.717) is 6.54 Å². The van der Waals surface area contributed by atoms with Crippen molar-refractivity contribution in [3.8, 4) is 0 Å². The van der Waals surface area contributed by atoms with Crippen molar-refractivity contribution in [2.24, 2.45) is 0 Å². The van der Waals surface area contributed by atoms with Gasteiger partial charge >= 0.3 is 5.97 Å². The van der Waals surface area contributed by atoms with Gasteiger partial charge < -0.3 is 9.67 Å². The highest BCUT2D eigenvalue weighted by Gasteiger charge is 2.09. The maximum absolute atomic E-state index is 10.6. The Balaban J connectivity index is 2.17. The molecular formula is C14H16N2O2S. The first-order chi connectivity index (χ1) is 9.04. The maximum atomic E-state index is 10.6. The van der Waals surface area contributed by atoms with Gasteiger partial charge in [0.15, 0.2) is 5.16 Å². The second-order valence-electron chi connectivity index (χ2n) is 4.46. The standard InChI is InChI=1S/C14H16N2O2S/c1-10-4-3-5-12(6-10)8-16-7-11(2)15-14(16)19-9-13(17)18/h3-7H,8-9H2,1-2H3,(H,17,18). The minimum atomic E-state index is -0.826. The summed E-state index contributed by atoms with van der Waals surface area (Å²) in [7, 11) is 0. The molecule has 0 spiro atoms. The molecule has 1 aromatic carbocycles. The highest BCUT2D eigenvalue weighted by atomic mass is 32.2. The SMILES string of the molecule is Cc1cccc(Cn2cc(C)nc2SCC(=O)O)c1. The van der Waals surface area contributed by atoms with E-state index in [-0.39, 0.29) is 5.75 Å². The third-order valence-corrected chi connectivity index (χ3v) is 3.60. The number of benzene rings is 1. The Hall–Kier alpha value is -1.75. The number of rotatable bonds is 5. The Bertz CT molecular complexity index is 593. The van der Waals surface area contributed by atoms with Crippen LogP contribution >= 0.6 is 11.8 Å². The summed E-state index contributed by atoms with van der Waals surface area (Å²) < 4.78 is 2.00. The van der Waals surface area contributed by atoms with Crippen LogP contribution < -0.4 is 0 Å². The van der Waals surface area contributed by atoms with Gasteiger partial charge in [0, 0.05) is 12.7 Å². The van der Waals surface area contributed by atoms with Crippen molar-refractivity contribution in [3.63, 3.8) is 0 Å². The molecule has 0 aliphatic carbocycles. The average molecular weight is 276 g/mol. The van der Waals surface area contributed by atoms with E-state index in [9.17, 15) is 4.79 Å². The van der Waals surface area contributed by atoms with Gasteiger partial charge in [-0.3, -0.25) is 4.79 Å². The predicted molar refractivity (Wildman–Crippen MR) is 75.6 cm³/mol. The molecular weight excluding hydrogens is 260 g/mol. The lowest BCUT2D eigenvalue weighted by atomic mass is 10.1. The molecule has 0 unspecified atom stereocenters. The van der Waals surface area contributed by atoms with Crippen LogP contribution in [0.3, 0.4) is 0 Å². The first-order valence-corrected chi connectivity index (χ1v) is 6.97. The molecule has 19 heavy (non-hydrogen) atoms. The molecule has 0 aliphatic rings. The van der Waals surface area contributed by atoms with Gasteiger partial charge in [0.25, 0.3) is 0 Å². The molecule has 4 nitrogen and oxygen atoms in total.